The lowest BCUT2D eigenvalue weighted by Gasteiger charge is -2.07. The Kier molecular flexibility index (Phi) is 2.40. The molecule has 0 aliphatic heterocycles. The fourth-order valence-electron chi connectivity index (χ4n) is 0.895. The first-order valence-electron chi connectivity index (χ1n) is 3.44. The van der Waals surface area contributed by atoms with E-state index in [2.05, 4.69) is 4.98 Å². The van der Waals surface area contributed by atoms with Crippen LogP contribution in [-0.4, -0.2) is 21.2 Å². The summed E-state index contributed by atoms with van der Waals surface area (Å²) in [5, 5.41) is 17.6. The van der Waals surface area contributed by atoms with Crippen LogP contribution in [0.15, 0.2) is 18.5 Å². The van der Waals surface area contributed by atoms with E-state index < -0.39 is 12.1 Å². The molecule has 1 unspecified atom stereocenters. The fourth-order valence-corrected chi connectivity index (χ4v) is 0.895. The third-order valence-electron chi connectivity index (χ3n) is 1.61. The van der Waals surface area contributed by atoms with E-state index >= 15 is 0 Å². The van der Waals surface area contributed by atoms with Gasteiger partial charge in [0.25, 0.3) is 0 Å². The fraction of sp³-hybridized carbons (Fsp3) is 0.250. The predicted octanol–water partition coefficient (Wildman–Crippen LogP) is 0.508. The number of carbonyl (C=O) groups is 1. The average molecular weight is 167 g/mol. The van der Waals surface area contributed by atoms with Crippen molar-refractivity contribution in [3.8, 4) is 0 Å². The van der Waals surface area contributed by atoms with Gasteiger partial charge in [-0.2, -0.15) is 0 Å². The second-order valence-electron chi connectivity index (χ2n) is 2.47. The van der Waals surface area contributed by atoms with Gasteiger partial charge in [0.05, 0.1) is 0 Å². The Morgan fingerprint density at radius 2 is 2.33 bits per heavy atom. The Bertz CT molecular complexity index is 298. The average Bonchev–Trinajstić information content (AvgIpc) is 2.04. The van der Waals surface area contributed by atoms with Crippen molar-refractivity contribution in [1.82, 2.24) is 4.98 Å². The molecule has 1 aromatic rings. The quantitative estimate of drug-likeness (QED) is 0.673. The predicted molar refractivity (Wildman–Crippen MR) is 41.6 cm³/mol. The van der Waals surface area contributed by atoms with Crippen LogP contribution in [0.5, 0.6) is 0 Å². The van der Waals surface area contributed by atoms with E-state index in [9.17, 15) is 4.79 Å². The first-order valence-corrected chi connectivity index (χ1v) is 3.44. The molecule has 0 fully saturated rings. The molecule has 0 amide bonds. The van der Waals surface area contributed by atoms with E-state index in [1.807, 2.05) is 0 Å². The molecule has 0 saturated heterocycles. The van der Waals surface area contributed by atoms with Crippen LogP contribution in [-0.2, 0) is 4.79 Å². The van der Waals surface area contributed by atoms with E-state index in [1.165, 1.54) is 6.20 Å². The van der Waals surface area contributed by atoms with Crippen molar-refractivity contribution in [2.24, 2.45) is 0 Å². The topological polar surface area (TPSA) is 70.4 Å². The molecular weight excluding hydrogens is 158 g/mol. The molecule has 0 saturated carbocycles. The monoisotopic (exact) mass is 167 g/mol. The molecular formula is C8H9NO3. The number of carboxylic acids is 1. The van der Waals surface area contributed by atoms with Gasteiger partial charge in [0.2, 0.25) is 0 Å². The lowest BCUT2D eigenvalue weighted by molar-refractivity contribution is -0.147. The molecule has 0 aromatic carbocycles. The number of hydrogen-bond acceptors (Lipinski definition) is 3. The highest BCUT2D eigenvalue weighted by molar-refractivity contribution is 5.74. The van der Waals surface area contributed by atoms with E-state index in [0.717, 1.165) is 5.56 Å². The standard InChI is InChI=1S/C8H9NO3/c1-5-2-3-9-4-6(5)7(10)8(11)12/h2-4,7,10H,1H3,(H,11,12). The summed E-state index contributed by atoms with van der Waals surface area (Å²) in [6.07, 6.45) is 1.43. The maximum absolute atomic E-state index is 10.4. The minimum absolute atomic E-state index is 0.338. The zero-order valence-electron chi connectivity index (χ0n) is 6.56. The molecule has 4 nitrogen and oxygen atoms in total. The van der Waals surface area contributed by atoms with E-state index in [1.54, 1.807) is 19.2 Å². The van der Waals surface area contributed by atoms with Gasteiger partial charge in [-0.05, 0) is 18.6 Å². The normalized spacial score (nSPS) is 12.5. The first-order chi connectivity index (χ1) is 5.63. The maximum atomic E-state index is 10.4. The molecule has 12 heavy (non-hydrogen) atoms. The van der Waals surface area contributed by atoms with Crippen LogP contribution in [0.1, 0.15) is 17.2 Å². The van der Waals surface area contributed by atoms with Crippen LogP contribution in [0.3, 0.4) is 0 Å². The Hall–Kier alpha value is -1.42. The number of rotatable bonds is 2. The number of hydrogen-bond donors (Lipinski definition) is 2. The minimum atomic E-state index is -1.47. The summed E-state index contributed by atoms with van der Waals surface area (Å²) < 4.78 is 0. The molecule has 0 radical (unpaired) electrons. The van der Waals surface area contributed by atoms with Crippen LogP contribution in [0.25, 0.3) is 0 Å². The maximum Gasteiger partial charge on any atom is 0.337 e. The Labute approximate surface area is 69.5 Å². The zero-order chi connectivity index (χ0) is 9.14. The molecule has 1 aromatic heterocycles. The Balaban J connectivity index is 3.02. The molecule has 1 rings (SSSR count). The van der Waals surface area contributed by atoms with Gasteiger partial charge in [0.15, 0.2) is 6.10 Å². The van der Waals surface area contributed by atoms with Gasteiger partial charge < -0.3 is 10.2 Å². The van der Waals surface area contributed by atoms with Crippen LogP contribution in [0.4, 0.5) is 0 Å². The molecule has 1 atom stereocenters. The van der Waals surface area contributed by atoms with Gasteiger partial charge in [-0.3, -0.25) is 4.98 Å². The lowest BCUT2D eigenvalue weighted by atomic mass is 10.1. The van der Waals surface area contributed by atoms with Crippen molar-refractivity contribution < 1.29 is 15.0 Å². The first kappa shape index (κ1) is 8.67. The van der Waals surface area contributed by atoms with Crippen molar-refractivity contribution in [3.05, 3.63) is 29.6 Å². The van der Waals surface area contributed by atoms with Crippen LogP contribution in [0, 0.1) is 6.92 Å². The summed E-state index contributed by atoms with van der Waals surface area (Å²) in [5.74, 6) is -1.26. The highest BCUT2D eigenvalue weighted by atomic mass is 16.4. The van der Waals surface area contributed by atoms with E-state index in [0.29, 0.717) is 5.56 Å². The number of nitrogens with zero attached hydrogens (tertiary/aromatic N) is 1. The number of aliphatic carboxylic acids is 1. The van der Waals surface area contributed by atoms with Crippen molar-refractivity contribution in [2.45, 2.75) is 13.0 Å². The third-order valence-corrected chi connectivity index (χ3v) is 1.61. The van der Waals surface area contributed by atoms with Crippen molar-refractivity contribution in [1.29, 1.82) is 0 Å². The third kappa shape index (κ3) is 1.60. The second kappa shape index (κ2) is 3.32. The van der Waals surface area contributed by atoms with Crippen LogP contribution in [0.2, 0.25) is 0 Å². The molecule has 1 heterocycles. The van der Waals surface area contributed by atoms with Crippen molar-refractivity contribution >= 4 is 5.97 Å². The largest absolute Gasteiger partial charge is 0.479 e. The number of aryl methyl sites for hydroxylation is 1. The Morgan fingerprint density at radius 1 is 1.67 bits per heavy atom. The van der Waals surface area contributed by atoms with Gasteiger partial charge in [-0.1, -0.05) is 0 Å². The van der Waals surface area contributed by atoms with Crippen molar-refractivity contribution in [3.63, 3.8) is 0 Å². The number of carboxylic acid groups (broad SMARTS) is 1. The number of pyridine rings is 1. The molecule has 4 heteroatoms. The molecule has 0 bridgehead atoms. The van der Waals surface area contributed by atoms with Gasteiger partial charge in [0, 0.05) is 18.0 Å². The highest BCUT2D eigenvalue weighted by Crippen LogP contribution is 2.15. The molecule has 2 N–H and O–H groups in total. The highest BCUT2D eigenvalue weighted by Gasteiger charge is 2.17. The van der Waals surface area contributed by atoms with Gasteiger partial charge in [0.1, 0.15) is 0 Å². The summed E-state index contributed by atoms with van der Waals surface area (Å²) >= 11 is 0. The smallest absolute Gasteiger partial charge is 0.337 e. The van der Waals surface area contributed by atoms with E-state index in [4.69, 9.17) is 10.2 Å². The second-order valence-corrected chi connectivity index (χ2v) is 2.47. The molecule has 0 spiro atoms. The van der Waals surface area contributed by atoms with Gasteiger partial charge in [-0.25, -0.2) is 4.79 Å². The molecule has 0 aliphatic rings. The number of aliphatic hydroxyl groups is 1. The molecule has 0 aliphatic carbocycles. The lowest BCUT2D eigenvalue weighted by Crippen LogP contribution is -2.11. The summed E-state index contributed by atoms with van der Waals surface area (Å²) in [4.78, 5) is 14.1. The summed E-state index contributed by atoms with van der Waals surface area (Å²) in [6.45, 7) is 1.73. The minimum Gasteiger partial charge on any atom is -0.479 e. The SMILES string of the molecule is Cc1ccncc1C(O)C(=O)O. The van der Waals surface area contributed by atoms with E-state index in [-0.39, 0.29) is 0 Å². The Morgan fingerprint density at radius 3 is 2.83 bits per heavy atom. The summed E-state index contributed by atoms with van der Waals surface area (Å²) in [5.41, 5.74) is 1.06. The van der Waals surface area contributed by atoms with Crippen molar-refractivity contribution in [2.75, 3.05) is 0 Å². The van der Waals surface area contributed by atoms with Crippen LogP contribution < -0.4 is 0 Å². The van der Waals surface area contributed by atoms with Gasteiger partial charge in [-0.15, -0.1) is 0 Å². The summed E-state index contributed by atoms with van der Waals surface area (Å²) in [7, 11) is 0. The van der Waals surface area contributed by atoms with Gasteiger partial charge >= 0.3 is 5.97 Å². The summed E-state index contributed by atoms with van der Waals surface area (Å²) in [6, 6.07) is 1.65. The zero-order valence-corrected chi connectivity index (χ0v) is 6.56. The number of aromatic nitrogens is 1. The van der Waals surface area contributed by atoms with Crippen LogP contribution >= 0.6 is 0 Å². The molecule has 64 valence electrons. The number of aliphatic hydroxyl groups excluding tert-OH is 1.